The summed E-state index contributed by atoms with van der Waals surface area (Å²) in [7, 11) is 0. The second kappa shape index (κ2) is 5.19. The average molecular weight is 251 g/mol. The monoisotopic (exact) mass is 251 g/mol. The topological polar surface area (TPSA) is 53.2 Å². The fourth-order valence-electron chi connectivity index (χ4n) is 3.52. The smallest absolute Gasteiger partial charge is 0.154 e. The lowest BCUT2D eigenvalue weighted by Crippen LogP contribution is -2.43. The molecule has 2 atom stereocenters. The van der Waals surface area contributed by atoms with E-state index >= 15 is 0 Å². The van der Waals surface area contributed by atoms with Crippen molar-refractivity contribution in [1.29, 1.82) is 5.26 Å². The van der Waals surface area contributed by atoms with Gasteiger partial charge in [0.05, 0.1) is 18.3 Å². The van der Waals surface area contributed by atoms with Gasteiger partial charge in [-0.3, -0.25) is 0 Å². The van der Waals surface area contributed by atoms with E-state index in [2.05, 4.69) is 6.07 Å². The molecule has 0 aromatic carbocycles. The van der Waals surface area contributed by atoms with Gasteiger partial charge in [-0.25, -0.2) is 0 Å². The Hall–Kier alpha value is -0.590. The molecule has 0 heterocycles. The molecule has 1 spiro atoms. The number of hydrogen-bond acceptors (Lipinski definition) is 3. The zero-order valence-corrected chi connectivity index (χ0v) is 11.6. The molecule has 0 radical (unpaired) electrons. The fraction of sp³-hybridized carbons (Fsp3) is 0.933. The van der Waals surface area contributed by atoms with Crippen LogP contribution in [0.4, 0.5) is 0 Å². The van der Waals surface area contributed by atoms with Gasteiger partial charge in [0.15, 0.2) is 5.60 Å². The molecule has 2 fully saturated rings. The number of nitriles is 1. The number of aliphatic hydroxyl groups is 1. The van der Waals surface area contributed by atoms with Gasteiger partial charge < -0.3 is 9.84 Å². The summed E-state index contributed by atoms with van der Waals surface area (Å²) >= 11 is 0. The maximum absolute atomic E-state index is 9.53. The van der Waals surface area contributed by atoms with Crippen LogP contribution in [0.1, 0.15) is 65.2 Å². The molecule has 2 rings (SSSR count). The van der Waals surface area contributed by atoms with E-state index in [0.29, 0.717) is 5.41 Å². The standard InChI is InChI=1S/C15H25NO2/c1-12(17)13(2)18-15(11-16)9-7-14(8-10-15)5-3-4-6-14/h12-13,17H,3-10H2,1-2H3. The Morgan fingerprint density at radius 1 is 1.06 bits per heavy atom. The van der Waals surface area contributed by atoms with Crippen molar-refractivity contribution in [3.8, 4) is 6.07 Å². The van der Waals surface area contributed by atoms with Gasteiger partial charge in [0.1, 0.15) is 0 Å². The molecule has 0 amide bonds. The zero-order valence-electron chi connectivity index (χ0n) is 11.6. The summed E-state index contributed by atoms with van der Waals surface area (Å²) in [5.74, 6) is 0. The van der Waals surface area contributed by atoms with E-state index in [9.17, 15) is 10.4 Å². The number of nitrogens with zero attached hydrogens (tertiary/aromatic N) is 1. The normalized spacial score (nSPS) is 28.8. The second-order valence-corrected chi connectivity index (χ2v) is 6.38. The van der Waals surface area contributed by atoms with Crippen LogP contribution in [0.15, 0.2) is 0 Å². The SMILES string of the molecule is CC(O)C(C)OC1(C#N)CCC2(CCCC2)CC1. The third-order valence-corrected chi connectivity index (χ3v) is 5.08. The fourth-order valence-corrected chi connectivity index (χ4v) is 3.52. The van der Waals surface area contributed by atoms with Gasteiger partial charge in [-0.05, 0) is 57.8 Å². The van der Waals surface area contributed by atoms with Crippen LogP contribution < -0.4 is 0 Å². The van der Waals surface area contributed by atoms with Gasteiger partial charge in [-0.1, -0.05) is 12.8 Å². The van der Waals surface area contributed by atoms with Crippen LogP contribution in [-0.4, -0.2) is 22.9 Å². The van der Waals surface area contributed by atoms with E-state index in [1.165, 1.54) is 25.7 Å². The van der Waals surface area contributed by atoms with Crippen molar-refractivity contribution in [3.05, 3.63) is 0 Å². The van der Waals surface area contributed by atoms with Crippen LogP contribution in [0.25, 0.3) is 0 Å². The van der Waals surface area contributed by atoms with Gasteiger partial charge in [-0.2, -0.15) is 5.26 Å². The molecule has 0 aromatic rings. The molecule has 2 saturated carbocycles. The second-order valence-electron chi connectivity index (χ2n) is 6.38. The number of aliphatic hydroxyl groups excluding tert-OH is 1. The summed E-state index contributed by atoms with van der Waals surface area (Å²) in [5, 5.41) is 19.0. The van der Waals surface area contributed by atoms with Crippen molar-refractivity contribution >= 4 is 0 Å². The summed E-state index contributed by atoms with van der Waals surface area (Å²) < 4.78 is 5.88. The molecule has 1 N–H and O–H groups in total. The van der Waals surface area contributed by atoms with Crippen LogP contribution in [0.3, 0.4) is 0 Å². The summed E-state index contributed by atoms with van der Waals surface area (Å²) in [6.45, 7) is 3.57. The maximum atomic E-state index is 9.53. The molecule has 18 heavy (non-hydrogen) atoms. The van der Waals surface area contributed by atoms with Crippen molar-refractivity contribution in [2.75, 3.05) is 0 Å². The molecule has 102 valence electrons. The number of rotatable bonds is 3. The minimum atomic E-state index is -0.649. The molecule has 0 aromatic heterocycles. The third kappa shape index (κ3) is 2.70. The lowest BCUT2D eigenvalue weighted by molar-refractivity contribution is -0.121. The van der Waals surface area contributed by atoms with E-state index in [1.807, 2.05) is 6.92 Å². The first kappa shape index (κ1) is 13.8. The number of ether oxygens (including phenoxy) is 1. The Kier molecular flexibility index (Phi) is 3.99. The largest absolute Gasteiger partial charge is 0.391 e. The van der Waals surface area contributed by atoms with Gasteiger partial charge in [-0.15, -0.1) is 0 Å². The zero-order chi connectivity index (χ0) is 13.2. The van der Waals surface area contributed by atoms with Crippen LogP contribution in [0, 0.1) is 16.7 Å². The molecular weight excluding hydrogens is 226 g/mol. The van der Waals surface area contributed by atoms with Crippen LogP contribution in [0.2, 0.25) is 0 Å². The van der Waals surface area contributed by atoms with Crippen LogP contribution in [-0.2, 0) is 4.74 Å². The highest BCUT2D eigenvalue weighted by Gasteiger charge is 2.45. The van der Waals surface area contributed by atoms with E-state index in [1.54, 1.807) is 6.92 Å². The molecule has 0 aliphatic heterocycles. The van der Waals surface area contributed by atoms with Gasteiger partial charge in [0.25, 0.3) is 0 Å². The predicted molar refractivity (Wildman–Crippen MR) is 69.9 cm³/mol. The number of hydrogen-bond donors (Lipinski definition) is 1. The Labute approximate surface area is 110 Å². The summed E-state index contributed by atoms with van der Waals surface area (Å²) in [6.07, 6.45) is 8.50. The van der Waals surface area contributed by atoms with E-state index in [-0.39, 0.29) is 6.10 Å². The van der Waals surface area contributed by atoms with Gasteiger partial charge in [0.2, 0.25) is 0 Å². The summed E-state index contributed by atoms with van der Waals surface area (Å²) in [6, 6.07) is 2.38. The van der Waals surface area contributed by atoms with Crippen LogP contribution in [0.5, 0.6) is 0 Å². The molecule has 2 aliphatic carbocycles. The van der Waals surface area contributed by atoms with E-state index < -0.39 is 11.7 Å². The van der Waals surface area contributed by atoms with Gasteiger partial charge >= 0.3 is 0 Å². The lowest BCUT2D eigenvalue weighted by Gasteiger charge is -2.42. The highest BCUT2D eigenvalue weighted by Crippen LogP contribution is 2.52. The van der Waals surface area contributed by atoms with Crippen molar-refractivity contribution in [2.24, 2.45) is 5.41 Å². The van der Waals surface area contributed by atoms with Crippen molar-refractivity contribution in [2.45, 2.75) is 83.0 Å². The highest BCUT2D eigenvalue weighted by molar-refractivity contribution is 5.08. The molecule has 3 heteroatoms. The lowest BCUT2D eigenvalue weighted by atomic mass is 9.68. The molecule has 3 nitrogen and oxygen atoms in total. The minimum Gasteiger partial charge on any atom is -0.391 e. The maximum Gasteiger partial charge on any atom is 0.154 e. The van der Waals surface area contributed by atoms with Crippen molar-refractivity contribution < 1.29 is 9.84 Å². The molecule has 2 unspecified atom stereocenters. The third-order valence-electron chi connectivity index (χ3n) is 5.08. The first-order valence-corrected chi connectivity index (χ1v) is 7.28. The predicted octanol–water partition coefficient (Wildman–Crippen LogP) is 3.17. The summed E-state index contributed by atoms with van der Waals surface area (Å²) in [4.78, 5) is 0. The Bertz CT molecular complexity index is 316. The first-order chi connectivity index (χ1) is 8.51. The highest BCUT2D eigenvalue weighted by atomic mass is 16.5. The minimum absolute atomic E-state index is 0.262. The van der Waals surface area contributed by atoms with Crippen molar-refractivity contribution in [1.82, 2.24) is 0 Å². The Balaban J connectivity index is 1.97. The van der Waals surface area contributed by atoms with E-state index in [0.717, 1.165) is 25.7 Å². The first-order valence-electron chi connectivity index (χ1n) is 7.28. The molecular formula is C15H25NO2. The molecule has 0 bridgehead atoms. The van der Waals surface area contributed by atoms with Gasteiger partial charge in [0, 0.05) is 0 Å². The summed E-state index contributed by atoms with van der Waals surface area (Å²) in [5.41, 5.74) is -0.137. The van der Waals surface area contributed by atoms with Crippen LogP contribution >= 0.6 is 0 Å². The Morgan fingerprint density at radius 2 is 1.61 bits per heavy atom. The Morgan fingerprint density at radius 3 is 2.06 bits per heavy atom. The van der Waals surface area contributed by atoms with Crippen molar-refractivity contribution in [3.63, 3.8) is 0 Å². The molecule has 0 saturated heterocycles. The quantitative estimate of drug-likeness (QED) is 0.838. The molecule has 2 aliphatic rings. The average Bonchev–Trinajstić information content (AvgIpc) is 2.81. The van der Waals surface area contributed by atoms with E-state index in [4.69, 9.17) is 4.74 Å².